The molecular weight excluding hydrogens is 376 g/mol. The Morgan fingerprint density at radius 1 is 0.893 bits per heavy atom. The highest BCUT2D eigenvalue weighted by Crippen LogP contribution is 2.20. The van der Waals surface area contributed by atoms with Crippen molar-refractivity contribution in [3.8, 4) is 5.75 Å². The lowest BCUT2D eigenvalue weighted by atomic mass is 10.1. The number of benzene rings is 3. The maximum Gasteiger partial charge on any atom is 0.261 e. The molecule has 6 nitrogen and oxygen atoms in total. The second-order valence-corrected chi connectivity index (χ2v) is 7.81. The summed E-state index contributed by atoms with van der Waals surface area (Å²) in [6.07, 6.45) is 0. The Morgan fingerprint density at radius 3 is 2.14 bits per heavy atom. The third kappa shape index (κ3) is 4.50. The molecule has 144 valence electrons. The lowest BCUT2D eigenvalue weighted by Gasteiger charge is -2.10. The van der Waals surface area contributed by atoms with Crippen molar-refractivity contribution in [3.05, 3.63) is 83.9 Å². The van der Waals surface area contributed by atoms with E-state index in [2.05, 4.69) is 10.0 Å². The van der Waals surface area contributed by atoms with E-state index in [1.807, 2.05) is 31.2 Å². The van der Waals surface area contributed by atoms with Crippen LogP contribution in [0, 0.1) is 6.92 Å². The van der Waals surface area contributed by atoms with Crippen LogP contribution in [-0.4, -0.2) is 21.4 Å². The van der Waals surface area contributed by atoms with Gasteiger partial charge in [0.15, 0.2) is 0 Å². The molecule has 0 spiro atoms. The molecular formula is C21H20N2O4S. The Balaban J connectivity index is 1.73. The van der Waals surface area contributed by atoms with Crippen molar-refractivity contribution in [1.29, 1.82) is 0 Å². The minimum absolute atomic E-state index is 0.0655. The van der Waals surface area contributed by atoms with Crippen molar-refractivity contribution in [3.63, 3.8) is 0 Å². The van der Waals surface area contributed by atoms with E-state index in [1.54, 1.807) is 24.3 Å². The van der Waals surface area contributed by atoms with Crippen molar-refractivity contribution in [1.82, 2.24) is 0 Å². The summed E-state index contributed by atoms with van der Waals surface area (Å²) in [5.74, 6) is 0.327. The van der Waals surface area contributed by atoms with E-state index in [0.717, 1.165) is 5.56 Å². The van der Waals surface area contributed by atoms with Crippen LogP contribution in [0.25, 0.3) is 0 Å². The minimum atomic E-state index is -3.76. The summed E-state index contributed by atoms with van der Waals surface area (Å²) in [6, 6.07) is 19.8. The monoisotopic (exact) mass is 396 g/mol. The normalized spacial score (nSPS) is 10.9. The number of hydrogen-bond acceptors (Lipinski definition) is 4. The molecule has 0 aliphatic carbocycles. The fourth-order valence-corrected chi connectivity index (χ4v) is 3.62. The average Bonchev–Trinajstić information content (AvgIpc) is 2.70. The maximum atomic E-state index is 12.5. The zero-order valence-electron chi connectivity index (χ0n) is 15.5. The molecule has 0 aliphatic heterocycles. The van der Waals surface area contributed by atoms with Crippen molar-refractivity contribution in [2.75, 3.05) is 17.1 Å². The zero-order valence-corrected chi connectivity index (χ0v) is 16.3. The van der Waals surface area contributed by atoms with Crippen molar-refractivity contribution in [2.24, 2.45) is 0 Å². The van der Waals surface area contributed by atoms with Crippen LogP contribution in [-0.2, 0) is 10.0 Å². The fourth-order valence-electron chi connectivity index (χ4n) is 2.57. The highest BCUT2D eigenvalue weighted by atomic mass is 32.2. The molecule has 0 fully saturated rings. The number of nitrogens with one attached hydrogen (secondary N) is 2. The number of rotatable bonds is 6. The lowest BCUT2D eigenvalue weighted by molar-refractivity contribution is 0.102. The van der Waals surface area contributed by atoms with Crippen LogP contribution in [0.2, 0.25) is 0 Å². The predicted octanol–water partition coefficient (Wildman–Crippen LogP) is 4.06. The molecule has 0 aliphatic rings. The largest absolute Gasteiger partial charge is 0.497 e. The summed E-state index contributed by atoms with van der Waals surface area (Å²) in [5, 5.41) is 2.82. The SMILES string of the molecule is COc1ccc(NS(=O)(=O)c2ccc(C(=O)Nc3ccccc3C)cc2)cc1. The van der Waals surface area contributed by atoms with Crippen LogP contribution in [0.15, 0.2) is 77.7 Å². The number of aryl methyl sites for hydroxylation is 1. The highest BCUT2D eigenvalue weighted by Gasteiger charge is 2.15. The number of anilines is 2. The zero-order chi connectivity index (χ0) is 20.1. The van der Waals surface area contributed by atoms with Gasteiger partial charge in [0, 0.05) is 16.9 Å². The van der Waals surface area contributed by atoms with E-state index in [-0.39, 0.29) is 10.8 Å². The van der Waals surface area contributed by atoms with Crippen LogP contribution in [0.3, 0.4) is 0 Å². The van der Waals surface area contributed by atoms with E-state index in [9.17, 15) is 13.2 Å². The molecule has 3 aromatic carbocycles. The number of hydrogen-bond donors (Lipinski definition) is 2. The molecule has 3 aromatic rings. The Labute approximate surface area is 164 Å². The van der Waals surface area contributed by atoms with Gasteiger partial charge in [-0.05, 0) is 67.1 Å². The molecule has 2 N–H and O–H groups in total. The van der Waals surface area contributed by atoms with Gasteiger partial charge in [-0.3, -0.25) is 9.52 Å². The first kappa shape index (κ1) is 19.4. The summed E-state index contributed by atoms with van der Waals surface area (Å²) >= 11 is 0. The van der Waals surface area contributed by atoms with E-state index in [1.165, 1.54) is 31.4 Å². The smallest absolute Gasteiger partial charge is 0.261 e. The molecule has 0 aromatic heterocycles. The van der Waals surface area contributed by atoms with Gasteiger partial charge >= 0.3 is 0 Å². The molecule has 0 atom stereocenters. The molecule has 0 saturated heterocycles. The number of para-hydroxylation sites is 1. The maximum absolute atomic E-state index is 12.5. The number of carbonyl (C=O) groups is 1. The van der Waals surface area contributed by atoms with Crippen LogP contribution >= 0.6 is 0 Å². The van der Waals surface area contributed by atoms with Gasteiger partial charge < -0.3 is 10.1 Å². The number of sulfonamides is 1. The molecule has 0 unspecified atom stereocenters. The topological polar surface area (TPSA) is 84.5 Å². The van der Waals surface area contributed by atoms with Gasteiger partial charge in [-0.25, -0.2) is 8.42 Å². The van der Waals surface area contributed by atoms with Crippen molar-refractivity contribution in [2.45, 2.75) is 11.8 Å². The van der Waals surface area contributed by atoms with Gasteiger partial charge in [0.2, 0.25) is 0 Å². The summed E-state index contributed by atoms with van der Waals surface area (Å²) in [7, 11) is -2.23. The third-order valence-electron chi connectivity index (χ3n) is 4.16. The first-order valence-corrected chi connectivity index (χ1v) is 10.0. The van der Waals surface area contributed by atoms with Gasteiger partial charge in [0.25, 0.3) is 15.9 Å². The number of carbonyl (C=O) groups excluding carboxylic acids is 1. The Hall–Kier alpha value is -3.32. The van der Waals surface area contributed by atoms with Crippen LogP contribution < -0.4 is 14.8 Å². The second kappa shape index (κ2) is 8.14. The van der Waals surface area contributed by atoms with E-state index in [4.69, 9.17) is 4.74 Å². The quantitative estimate of drug-likeness (QED) is 0.658. The third-order valence-corrected chi connectivity index (χ3v) is 5.56. The minimum Gasteiger partial charge on any atom is -0.497 e. The molecule has 1 amide bonds. The Bertz CT molecular complexity index is 1080. The van der Waals surface area contributed by atoms with Gasteiger partial charge in [0.1, 0.15) is 5.75 Å². The molecule has 0 saturated carbocycles. The molecule has 0 bridgehead atoms. The number of methoxy groups -OCH3 is 1. The fraction of sp³-hybridized carbons (Fsp3) is 0.0952. The van der Waals surface area contributed by atoms with E-state index >= 15 is 0 Å². The Morgan fingerprint density at radius 2 is 1.54 bits per heavy atom. The van der Waals surface area contributed by atoms with Gasteiger partial charge in [-0.1, -0.05) is 18.2 Å². The average molecular weight is 396 g/mol. The molecule has 0 radical (unpaired) electrons. The van der Waals surface area contributed by atoms with E-state index < -0.39 is 10.0 Å². The molecule has 28 heavy (non-hydrogen) atoms. The van der Waals surface area contributed by atoms with E-state index in [0.29, 0.717) is 22.7 Å². The highest BCUT2D eigenvalue weighted by molar-refractivity contribution is 7.92. The molecule has 7 heteroatoms. The first-order valence-electron chi connectivity index (χ1n) is 8.53. The first-order chi connectivity index (χ1) is 13.4. The van der Waals surface area contributed by atoms with Crippen molar-refractivity contribution < 1.29 is 17.9 Å². The Kier molecular flexibility index (Phi) is 5.65. The number of ether oxygens (including phenoxy) is 1. The van der Waals surface area contributed by atoms with Crippen molar-refractivity contribution >= 4 is 27.3 Å². The van der Waals surface area contributed by atoms with Crippen LogP contribution in [0.4, 0.5) is 11.4 Å². The van der Waals surface area contributed by atoms with Crippen LogP contribution in [0.5, 0.6) is 5.75 Å². The van der Waals surface area contributed by atoms with Crippen LogP contribution in [0.1, 0.15) is 15.9 Å². The van der Waals surface area contributed by atoms with Gasteiger partial charge in [-0.2, -0.15) is 0 Å². The summed E-state index contributed by atoms with van der Waals surface area (Å²) in [6.45, 7) is 1.90. The number of amides is 1. The lowest BCUT2D eigenvalue weighted by Crippen LogP contribution is -2.15. The summed E-state index contributed by atoms with van der Waals surface area (Å²) in [5.41, 5.74) is 2.44. The predicted molar refractivity (Wildman–Crippen MR) is 109 cm³/mol. The molecule has 3 rings (SSSR count). The van der Waals surface area contributed by atoms with Gasteiger partial charge in [0.05, 0.1) is 12.0 Å². The summed E-state index contributed by atoms with van der Waals surface area (Å²) in [4.78, 5) is 12.5. The standard InChI is InChI=1S/C21H20N2O4S/c1-15-5-3-4-6-20(15)22-21(24)16-7-13-19(14-8-16)28(25,26)23-17-9-11-18(27-2)12-10-17/h3-14,23H,1-2H3,(H,22,24). The second-order valence-electron chi connectivity index (χ2n) is 6.13. The molecule has 0 heterocycles. The summed E-state index contributed by atoms with van der Waals surface area (Å²) < 4.78 is 32.6. The van der Waals surface area contributed by atoms with Gasteiger partial charge in [-0.15, -0.1) is 0 Å².